The standard InChI is InChI=1S/Co.21K.3H2O.36O.12W/h;;;;;;;;;;;;;;;;;;;;;;3*1H2;;;;;;;;;;;;;;;;;;;;;;;;;;;;;;;;;;;;;;;;;;;;;;;;/q;21*+1;;;;;;;;;;;;;;;;;;;;;;;;;;;;12*-1;;;;;;;;;;;;. The summed E-state index contributed by atoms with van der Waals surface area (Å²) in [5.41, 5.74) is 0. The third kappa shape index (κ3) is 895. The van der Waals surface area contributed by atoms with Gasteiger partial charge in [-0.3, -0.25) is 0 Å². The molecule has 1 radical (unpaired) electrons. The van der Waals surface area contributed by atoms with Crippen LogP contribution in [-0.4, -0.2) is 16.4 Å². The van der Waals surface area contributed by atoms with Gasteiger partial charge in [0.05, 0.1) is 0 Å². The first kappa shape index (κ1) is 245. The Morgan fingerprint density at radius 2 is 0.123 bits per heavy atom. The van der Waals surface area contributed by atoms with Crippen molar-refractivity contribution in [3.63, 3.8) is 0 Å². The maximum atomic E-state index is 8.61. The van der Waals surface area contributed by atoms with Crippen LogP contribution in [0.25, 0.3) is 0 Å². The van der Waals surface area contributed by atoms with E-state index >= 15 is 0 Å². The molecule has 0 aliphatic carbocycles. The summed E-state index contributed by atoms with van der Waals surface area (Å²) < 4.78 is 310. The van der Waals surface area contributed by atoms with Crippen LogP contribution in [0.5, 0.6) is 0 Å². The van der Waals surface area contributed by atoms with Gasteiger partial charge in [0.2, 0.25) is 0 Å². The van der Waals surface area contributed by atoms with Gasteiger partial charge in [0.1, 0.15) is 0 Å². The molecular formula is H6CoK21O39W12+9. The predicted octanol–water partition coefficient (Wildman–Crippen LogP) is -82.5. The van der Waals surface area contributed by atoms with Crippen LogP contribution in [0.3, 0.4) is 0 Å². The van der Waals surface area contributed by atoms with Gasteiger partial charge >= 0.3 is 1420 Å². The van der Waals surface area contributed by atoms with E-state index in [1.54, 1.807) is 0 Å². The molecule has 0 spiro atoms. The van der Waals surface area contributed by atoms with Crippen LogP contribution >= 0.6 is 0 Å². The minimum atomic E-state index is -4.28. The van der Waals surface area contributed by atoms with Crippen LogP contribution in [-0.2, 0) is 310 Å². The zero-order valence-electron chi connectivity index (χ0n) is 42.4. The second-order valence-corrected chi connectivity index (χ2v) is 20.0. The van der Waals surface area contributed by atoms with Crippen LogP contribution in [0, 0.1) is 0 Å². The molecule has 0 aromatic heterocycles. The molecule has 73 heteroatoms. The Labute approximate surface area is 1390 Å². The van der Waals surface area contributed by atoms with E-state index in [4.69, 9.17) is 127 Å². The van der Waals surface area contributed by atoms with E-state index in [0.717, 1.165) is 0 Å². The van der Waals surface area contributed by atoms with Gasteiger partial charge in [-0.25, -0.2) is 0 Å². The average Bonchev–Trinajstić information content (AvgIpc) is 2.61. The molecule has 0 unspecified atom stereocenters. The second kappa shape index (κ2) is 239. The predicted molar refractivity (Wildman–Crippen MR) is 27.3 cm³/mol. The van der Waals surface area contributed by atoms with E-state index in [2.05, 4.69) is 0 Å². The van der Waals surface area contributed by atoms with Crippen LogP contribution in [0.2, 0.25) is 0 Å². The summed E-state index contributed by atoms with van der Waals surface area (Å²) in [4.78, 5) is 0. The Balaban J connectivity index is -0.00000000537. The molecule has 0 saturated carbocycles. The fourth-order valence-electron chi connectivity index (χ4n) is 0. The van der Waals surface area contributed by atoms with Crippen molar-refractivity contribution in [2.75, 3.05) is 0 Å². The Morgan fingerprint density at radius 1 is 0.123 bits per heavy atom. The first-order valence-electron chi connectivity index (χ1n) is 6.00. The molecule has 0 aliphatic rings. The van der Waals surface area contributed by atoms with Crippen molar-refractivity contribution in [1.29, 1.82) is 0 Å². The summed E-state index contributed by atoms with van der Waals surface area (Å²) in [6, 6.07) is 0. The number of rotatable bonds is 0. The summed E-state index contributed by atoms with van der Waals surface area (Å²) in [5.74, 6) is 0. The monoisotopic (exact) mass is 3710 g/mol. The van der Waals surface area contributed by atoms with E-state index in [0.29, 0.717) is 0 Å². The summed E-state index contributed by atoms with van der Waals surface area (Å²) >= 11 is -51.3. The fraction of sp³-hybridized carbons (Fsp3) is 0. The van der Waals surface area contributed by atoms with Gasteiger partial charge in [-0.1, -0.05) is 0 Å². The van der Waals surface area contributed by atoms with Crippen LogP contribution < -0.4 is 1120 Å². The topological polar surface area (TPSA) is 781 Å². The summed E-state index contributed by atoms with van der Waals surface area (Å²) in [6.07, 6.45) is 0. The summed E-state index contributed by atoms with van der Waals surface area (Å²) in [5, 5.41) is 0. The molecule has 0 saturated heterocycles. The van der Waals surface area contributed by atoms with E-state index in [1.807, 2.05) is 0 Å². The van der Waals surface area contributed by atoms with Crippen molar-refractivity contribution in [1.82, 2.24) is 0 Å². The van der Waals surface area contributed by atoms with Crippen molar-refractivity contribution in [3.8, 4) is 0 Å². The van der Waals surface area contributed by atoms with Crippen molar-refractivity contribution in [3.05, 3.63) is 0 Å². The van der Waals surface area contributed by atoms with E-state index in [9.17, 15) is 0 Å². The van der Waals surface area contributed by atoms with Gasteiger partial charge < -0.3 is 16.4 Å². The molecule has 333 valence electrons. The zero-order chi connectivity index (χ0) is 42.9. The SMILES string of the molecule is O.O.O.[Co].[K+].[K+].[K+].[K+].[K+].[K+].[K+].[K+].[K+].[K+].[K+].[K+].[K+].[K+].[K+].[K+].[K+].[K+].[K+].[K+].[K+].[O]=[W](=[O])[O-].[O]=[W](=[O])[O-].[O]=[W](=[O])[O-].[O]=[W](=[O])[O-].[O]=[W](=[O])[O-].[O]=[W](=[O])[O-].[O]=[W](=[O])[O-].[O]=[W](=[O])[O-].[O]=[W](=[O])[O-].[O]=[W](=[O])[O-].[O]=[W](=[O])[O-].[O]=[W](=[O])[O-]. The maximum absolute atomic E-state index is 8.61. The zero-order valence-corrected chi connectivity index (χ0v) is 144. The fourth-order valence-corrected chi connectivity index (χ4v) is 0. The molecule has 39 nitrogen and oxygen atoms in total. The Hall–Kier alpha value is 37.7. The Morgan fingerprint density at radius 3 is 0.123 bits per heavy atom. The molecule has 0 rings (SSSR count). The number of hydrogen-bond donors (Lipinski definition) is 0. The van der Waals surface area contributed by atoms with Gasteiger partial charge in [-0.05, 0) is 0 Å². The van der Waals surface area contributed by atoms with Gasteiger partial charge in [0, 0.05) is 16.8 Å². The normalized spacial score (nSPS) is 4.11. The molecule has 0 aliphatic heterocycles. The van der Waals surface area contributed by atoms with Gasteiger partial charge in [0.25, 0.3) is 0 Å². The first-order valence-corrected chi connectivity index (χ1v) is 49.1. The van der Waals surface area contributed by atoms with Crippen LogP contribution in [0.1, 0.15) is 0 Å². The second-order valence-electron chi connectivity index (χ2n) is 2.45. The van der Waals surface area contributed by atoms with E-state index in [1.165, 1.54) is 0 Å². The molecule has 0 bridgehead atoms. The molecule has 0 amide bonds. The van der Waals surface area contributed by atoms with Crippen molar-refractivity contribution < 1.29 is 1450 Å². The minimum absolute atomic E-state index is 0. The van der Waals surface area contributed by atoms with Crippen molar-refractivity contribution >= 4 is 0 Å². The first-order chi connectivity index (χ1) is 20.8. The molecular weight excluding hydrogens is 3710 g/mol. The van der Waals surface area contributed by atoms with E-state index < -0.39 is 211 Å². The third-order valence-electron chi connectivity index (χ3n) is 0. The number of hydrogen-bond acceptors (Lipinski definition) is 36. The summed E-state index contributed by atoms with van der Waals surface area (Å²) in [6.45, 7) is 0. The molecule has 0 fully saturated rings. The Kier molecular flexibility index (Phi) is 802. The van der Waals surface area contributed by atoms with Crippen LogP contribution in [0.15, 0.2) is 0 Å². The van der Waals surface area contributed by atoms with Crippen LogP contribution in [0.4, 0.5) is 0 Å². The molecule has 0 atom stereocenters. The van der Waals surface area contributed by atoms with Crippen molar-refractivity contribution in [2.45, 2.75) is 0 Å². The average molecular weight is 3720 g/mol. The molecule has 0 heterocycles. The van der Waals surface area contributed by atoms with Gasteiger partial charge in [0.15, 0.2) is 0 Å². The quantitative estimate of drug-likeness (QED) is 0.203. The Bertz CT molecular complexity index is 1120. The molecule has 0 aromatic carbocycles. The van der Waals surface area contributed by atoms with Gasteiger partial charge in [-0.2, -0.15) is 0 Å². The molecule has 0 aromatic rings. The summed E-state index contributed by atoms with van der Waals surface area (Å²) in [7, 11) is 0. The van der Waals surface area contributed by atoms with E-state index in [-0.39, 0.29) is 1110 Å². The molecule has 6 N–H and O–H groups in total. The van der Waals surface area contributed by atoms with Gasteiger partial charge in [-0.15, -0.1) is 0 Å². The third-order valence-corrected chi connectivity index (χ3v) is 0. The van der Waals surface area contributed by atoms with Crippen molar-refractivity contribution in [2.24, 2.45) is 0 Å². The molecule has 73 heavy (non-hydrogen) atoms.